The van der Waals surface area contributed by atoms with Gasteiger partial charge in [0.05, 0.1) is 57.6 Å². The molecule has 0 aliphatic carbocycles. The Morgan fingerprint density at radius 2 is 1.51 bits per heavy atom. The average Bonchev–Trinajstić information content (AvgIpc) is 2.86. The minimum Gasteiger partial charge on any atom is -0.489 e. The van der Waals surface area contributed by atoms with Crippen LogP contribution >= 0.6 is 0 Å². The summed E-state index contributed by atoms with van der Waals surface area (Å²) in [6, 6.07) is 6.19. The molecule has 0 heterocycles. The monoisotopic (exact) mass is 571 g/mol. The fraction of sp³-hybridized carbons (Fsp3) is 0.520. The third-order valence-corrected chi connectivity index (χ3v) is 6.23. The molecule has 2 unspecified atom stereocenters. The molecule has 0 fully saturated rings. The zero-order valence-electron chi connectivity index (χ0n) is 22.2. The van der Waals surface area contributed by atoms with Crippen LogP contribution in [-0.4, -0.2) is 93.4 Å². The molecule has 0 radical (unpaired) electrons. The lowest BCUT2D eigenvalue weighted by molar-refractivity contribution is -0.115. The van der Waals surface area contributed by atoms with Crippen molar-refractivity contribution in [1.82, 2.24) is 0 Å². The number of ether oxygens (including phenoxy) is 4. The standard InChI is InChI=1S/C25H37N3O10S/c1-16-8-18(3)25(24(9-16)39(32,33)34)28-27-22-11-23(21(26)10-17(22)2)37-15-20(14-36-7-5-30)38-19(12-31)13-35-6-4-29/h8-11,19-20,29-31H,4-7,12-15,26H2,1-3H3,(H,32,33,34). The van der Waals surface area contributed by atoms with E-state index in [1.807, 2.05) is 0 Å². The largest absolute Gasteiger partial charge is 0.489 e. The zero-order chi connectivity index (χ0) is 29.0. The van der Waals surface area contributed by atoms with E-state index in [1.54, 1.807) is 32.9 Å². The maximum absolute atomic E-state index is 11.9. The summed E-state index contributed by atoms with van der Waals surface area (Å²) in [5.41, 5.74) is 8.59. The van der Waals surface area contributed by atoms with Crippen molar-refractivity contribution in [2.45, 2.75) is 37.9 Å². The van der Waals surface area contributed by atoms with Crippen LogP contribution in [0.2, 0.25) is 0 Å². The molecule has 2 atom stereocenters. The van der Waals surface area contributed by atoms with E-state index in [1.165, 1.54) is 12.1 Å². The van der Waals surface area contributed by atoms with Gasteiger partial charge in [0.1, 0.15) is 35.1 Å². The number of nitrogen functional groups attached to an aromatic ring is 1. The lowest BCUT2D eigenvalue weighted by Crippen LogP contribution is -2.36. The Morgan fingerprint density at radius 1 is 0.872 bits per heavy atom. The number of aryl methyl sites for hydroxylation is 3. The number of azo groups is 1. The van der Waals surface area contributed by atoms with Crippen LogP contribution in [0.1, 0.15) is 16.7 Å². The van der Waals surface area contributed by atoms with Crippen LogP contribution in [0.5, 0.6) is 5.75 Å². The molecule has 2 aromatic rings. The number of hydrogen-bond acceptors (Lipinski definition) is 12. The van der Waals surface area contributed by atoms with Crippen LogP contribution in [0.25, 0.3) is 0 Å². The van der Waals surface area contributed by atoms with Gasteiger partial charge in [0.15, 0.2) is 0 Å². The summed E-state index contributed by atoms with van der Waals surface area (Å²) in [5, 5.41) is 35.8. The van der Waals surface area contributed by atoms with Gasteiger partial charge in [-0.1, -0.05) is 6.07 Å². The number of hydrogen-bond donors (Lipinski definition) is 5. The molecule has 0 saturated heterocycles. The van der Waals surface area contributed by atoms with Crippen LogP contribution in [0.4, 0.5) is 17.1 Å². The molecule has 0 aliphatic heterocycles. The Labute approximate surface area is 227 Å². The second-order valence-electron chi connectivity index (χ2n) is 8.75. The number of aliphatic hydroxyl groups excluding tert-OH is 3. The highest BCUT2D eigenvalue weighted by Gasteiger charge is 2.20. The van der Waals surface area contributed by atoms with E-state index in [0.29, 0.717) is 28.1 Å². The van der Waals surface area contributed by atoms with E-state index in [9.17, 15) is 18.1 Å². The predicted octanol–water partition coefficient (Wildman–Crippen LogP) is 2.00. The van der Waals surface area contributed by atoms with E-state index in [0.717, 1.165) is 0 Å². The van der Waals surface area contributed by atoms with Gasteiger partial charge in [-0.3, -0.25) is 4.55 Å². The van der Waals surface area contributed by atoms with E-state index in [2.05, 4.69) is 10.2 Å². The highest BCUT2D eigenvalue weighted by Crippen LogP contribution is 2.35. The topological polar surface area (TPSA) is 203 Å². The Hall–Kier alpha value is -2.69. The second kappa shape index (κ2) is 15.8. The first-order chi connectivity index (χ1) is 18.5. The van der Waals surface area contributed by atoms with Crippen molar-refractivity contribution in [3.8, 4) is 5.75 Å². The van der Waals surface area contributed by atoms with Crippen molar-refractivity contribution >= 4 is 27.2 Å². The summed E-state index contributed by atoms with van der Waals surface area (Å²) < 4.78 is 55.8. The molecule has 6 N–H and O–H groups in total. The highest BCUT2D eigenvalue weighted by atomic mass is 32.2. The van der Waals surface area contributed by atoms with E-state index < -0.39 is 22.3 Å². The first kappa shape index (κ1) is 32.5. The van der Waals surface area contributed by atoms with Gasteiger partial charge in [-0.25, -0.2) is 0 Å². The van der Waals surface area contributed by atoms with Crippen LogP contribution < -0.4 is 10.5 Å². The quantitative estimate of drug-likeness (QED) is 0.0804. The van der Waals surface area contributed by atoms with Crippen molar-refractivity contribution in [1.29, 1.82) is 0 Å². The normalized spacial score (nSPS) is 13.6. The maximum Gasteiger partial charge on any atom is 0.296 e. The number of nitrogens with zero attached hydrogens (tertiary/aromatic N) is 2. The van der Waals surface area contributed by atoms with Crippen LogP contribution in [0.15, 0.2) is 39.4 Å². The molecule has 2 rings (SSSR count). The molecule has 13 nitrogen and oxygen atoms in total. The molecule has 0 spiro atoms. The molecular formula is C25H37N3O10S. The Balaban J connectivity index is 2.26. The van der Waals surface area contributed by atoms with Crippen LogP contribution in [0, 0.1) is 20.8 Å². The SMILES string of the molecule is Cc1cc(C)c(N=Nc2cc(OCC(COCCO)OC(CO)COCCO)c(N)cc2C)c(S(=O)(=O)O)c1. The number of benzene rings is 2. The van der Waals surface area contributed by atoms with Crippen molar-refractivity contribution in [3.63, 3.8) is 0 Å². The molecule has 2 aromatic carbocycles. The Bertz CT molecular complexity index is 1210. The van der Waals surface area contributed by atoms with E-state index >= 15 is 0 Å². The third-order valence-electron chi connectivity index (χ3n) is 5.37. The van der Waals surface area contributed by atoms with Crippen molar-refractivity contribution in [3.05, 3.63) is 41.0 Å². The zero-order valence-corrected chi connectivity index (χ0v) is 23.1. The third kappa shape index (κ3) is 10.4. The molecule has 14 heteroatoms. The van der Waals surface area contributed by atoms with Gasteiger partial charge in [0.25, 0.3) is 10.1 Å². The van der Waals surface area contributed by atoms with Gasteiger partial charge >= 0.3 is 0 Å². The summed E-state index contributed by atoms with van der Waals surface area (Å²) in [5.74, 6) is 0.248. The minimum absolute atomic E-state index is 0.00903. The smallest absolute Gasteiger partial charge is 0.296 e. The fourth-order valence-electron chi connectivity index (χ4n) is 3.56. The summed E-state index contributed by atoms with van der Waals surface area (Å²) in [7, 11) is -4.53. The molecule has 0 aliphatic rings. The van der Waals surface area contributed by atoms with Crippen molar-refractivity contribution < 1.29 is 47.2 Å². The van der Waals surface area contributed by atoms with Crippen LogP contribution in [-0.2, 0) is 24.3 Å². The van der Waals surface area contributed by atoms with Gasteiger partial charge < -0.3 is 40.0 Å². The van der Waals surface area contributed by atoms with Gasteiger partial charge in [0.2, 0.25) is 0 Å². The van der Waals surface area contributed by atoms with E-state index in [-0.39, 0.29) is 69.2 Å². The highest BCUT2D eigenvalue weighted by molar-refractivity contribution is 7.86. The fourth-order valence-corrected chi connectivity index (χ4v) is 4.34. The molecular weight excluding hydrogens is 534 g/mol. The minimum atomic E-state index is -4.53. The summed E-state index contributed by atoms with van der Waals surface area (Å²) in [6.45, 7) is 4.61. The number of aliphatic hydroxyl groups is 3. The van der Waals surface area contributed by atoms with Gasteiger partial charge in [-0.05, 0) is 49.6 Å². The molecule has 0 aromatic heterocycles. The molecule has 0 bridgehead atoms. The lowest BCUT2D eigenvalue weighted by Gasteiger charge is -2.24. The molecule has 0 amide bonds. The van der Waals surface area contributed by atoms with Gasteiger partial charge in [0, 0.05) is 6.07 Å². The summed E-state index contributed by atoms with van der Waals surface area (Å²) in [4.78, 5) is -0.349. The Kier molecular flexibility index (Phi) is 13.2. The van der Waals surface area contributed by atoms with Crippen molar-refractivity contribution in [2.24, 2.45) is 10.2 Å². The molecule has 218 valence electrons. The summed E-state index contributed by atoms with van der Waals surface area (Å²) in [6.07, 6.45) is -1.39. The average molecular weight is 572 g/mol. The number of anilines is 1. The van der Waals surface area contributed by atoms with Crippen LogP contribution in [0.3, 0.4) is 0 Å². The molecule has 0 saturated carbocycles. The second-order valence-corrected chi connectivity index (χ2v) is 10.1. The first-order valence-electron chi connectivity index (χ1n) is 12.2. The molecule has 39 heavy (non-hydrogen) atoms. The number of nitrogens with two attached hydrogens (primary N) is 1. The lowest BCUT2D eigenvalue weighted by atomic mass is 10.1. The predicted molar refractivity (Wildman–Crippen MR) is 143 cm³/mol. The van der Waals surface area contributed by atoms with E-state index in [4.69, 9.17) is 34.9 Å². The maximum atomic E-state index is 11.9. The summed E-state index contributed by atoms with van der Waals surface area (Å²) >= 11 is 0. The van der Waals surface area contributed by atoms with Gasteiger partial charge in [-0.15, -0.1) is 5.11 Å². The van der Waals surface area contributed by atoms with Gasteiger partial charge in [-0.2, -0.15) is 13.5 Å². The van der Waals surface area contributed by atoms with Crippen molar-refractivity contribution in [2.75, 3.05) is 58.6 Å². The number of rotatable bonds is 17. The first-order valence-corrected chi connectivity index (χ1v) is 13.6. The Morgan fingerprint density at radius 3 is 2.10 bits per heavy atom.